The summed E-state index contributed by atoms with van der Waals surface area (Å²) in [4.78, 5) is -0.458. The van der Waals surface area contributed by atoms with Crippen LogP contribution in [-0.4, -0.2) is 35.5 Å². The van der Waals surface area contributed by atoms with Crippen molar-refractivity contribution in [1.29, 1.82) is 0 Å². The Morgan fingerprint density at radius 2 is 2.07 bits per heavy atom. The number of ether oxygens (including phenoxy) is 1. The third kappa shape index (κ3) is 3.29. The maximum atomic E-state index is 13.9. The van der Waals surface area contributed by atoms with E-state index in [9.17, 15) is 12.8 Å². The Kier molecular flexibility index (Phi) is 4.47. The van der Waals surface area contributed by atoms with Crippen LogP contribution in [-0.2, 0) is 16.6 Å². The summed E-state index contributed by atoms with van der Waals surface area (Å²) in [5.41, 5.74) is 1.47. The number of hydrogen-bond acceptors (Lipinski definition) is 5. The fourth-order valence-corrected chi connectivity index (χ4v) is 4.02. The highest BCUT2D eigenvalue weighted by molar-refractivity contribution is 7.92. The fourth-order valence-electron chi connectivity index (χ4n) is 2.93. The van der Waals surface area contributed by atoms with E-state index in [4.69, 9.17) is 4.74 Å². The second kappa shape index (κ2) is 6.97. The zero-order valence-corrected chi connectivity index (χ0v) is 15.6. The number of halogens is 1. The summed E-state index contributed by atoms with van der Waals surface area (Å²) >= 11 is 0. The summed E-state index contributed by atoms with van der Waals surface area (Å²) in [5, 5.41) is 11.4. The number of nitrogens with one attached hydrogen (secondary N) is 2. The summed E-state index contributed by atoms with van der Waals surface area (Å²) < 4.78 is 48.6. The lowest BCUT2D eigenvalue weighted by atomic mass is 10.1. The van der Waals surface area contributed by atoms with E-state index in [0.717, 1.165) is 11.6 Å². The van der Waals surface area contributed by atoms with Crippen molar-refractivity contribution in [2.45, 2.75) is 11.4 Å². The molecule has 0 unspecified atom stereocenters. The standard InChI is InChI=1S/C18H16FN5O3S/c1-27-15-10-12(11-24-8-4-7-20-24)9-14-17(15)18(22-21-14)23-28(25,26)16-6-3-2-5-13(16)19/h2-10H,11H2,1H3,(H2,21,22,23). The van der Waals surface area contributed by atoms with Crippen molar-refractivity contribution in [2.24, 2.45) is 0 Å². The second-order valence-electron chi connectivity index (χ2n) is 6.03. The Morgan fingerprint density at radius 3 is 2.79 bits per heavy atom. The first-order chi connectivity index (χ1) is 13.5. The number of anilines is 1. The summed E-state index contributed by atoms with van der Waals surface area (Å²) in [7, 11) is -2.68. The summed E-state index contributed by atoms with van der Waals surface area (Å²) in [6.45, 7) is 0.509. The number of hydrogen-bond donors (Lipinski definition) is 2. The molecule has 0 atom stereocenters. The molecule has 28 heavy (non-hydrogen) atoms. The first-order valence-corrected chi connectivity index (χ1v) is 9.76. The van der Waals surface area contributed by atoms with Crippen LogP contribution in [0.15, 0.2) is 59.8 Å². The zero-order valence-electron chi connectivity index (χ0n) is 14.8. The number of nitrogens with zero attached hydrogens (tertiary/aromatic N) is 3. The highest BCUT2D eigenvalue weighted by atomic mass is 32.2. The number of rotatable bonds is 6. The maximum absolute atomic E-state index is 13.9. The molecule has 144 valence electrons. The van der Waals surface area contributed by atoms with Crippen molar-refractivity contribution < 1.29 is 17.5 Å². The molecule has 10 heteroatoms. The number of H-pyrrole nitrogens is 1. The Bertz CT molecular complexity index is 1240. The maximum Gasteiger partial charge on any atom is 0.266 e. The van der Waals surface area contributed by atoms with Gasteiger partial charge in [0.2, 0.25) is 0 Å². The number of aromatic amines is 1. The average molecular weight is 401 g/mol. The number of sulfonamides is 1. The normalized spacial score (nSPS) is 11.6. The predicted molar refractivity (Wildman–Crippen MR) is 101 cm³/mol. The van der Waals surface area contributed by atoms with E-state index in [1.165, 1.54) is 25.3 Å². The van der Waals surface area contributed by atoms with E-state index in [1.54, 1.807) is 16.9 Å². The van der Waals surface area contributed by atoms with Gasteiger partial charge in [0.05, 0.1) is 24.6 Å². The monoisotopic (exact) mass is 401 g/mol. The predicted octanol–water partition coefficient (Wildman–Crippen LogP) is 2.76. The van der Waals surface area contributed by atoms with Crippen LogP contribution in [0.2, 0.25) is 0 Å². The Hall–Kier alpha value is -3.40. The molecule has 4 rings (SSSR count). The Balaban J connectivity index is 1.73. The second-order valence-corrected chi connectivity index (χ2v) is 7.68. The molecule has 2 aromatic heterocycles. The first-order valence-electron chi connectivity index (χ1n) is 8.28. The molecular formula is C18H16FN5O3S. The Morgan fingerprint density at radius 1 is 1.25 bits per heavy atom. The molecular weight excluding hydrogens is 385 g/mol. The van der Waals surface area contributed by atoms with Crippen LogP contribution in [0.25, 0.3) is 10.9 Å². The Labute approximate surface area is 160 Å². The van der Waals surface area contributed by atoms with Gasteiger partial charge in [-0.3, -0.25) is 14.5 Å². The minimum absolute atomic E-state index is 0.0285. The van der Waals surface area contributed by atoms with Crippen LogP contribution in [0, 0.1) is 5.82 Å². The van der Waals surface area contributed by atoms with Crippen molar-refractivity contribution in [1.82, 2.24) is 20.0 Å². The van der Waals surface area contributed by atoms with Gasteiger partial charge in [-0.25, -0.2) is 12.8 Å². The topological polar surface area (TPSA) is 102 Å². The number of aromatic nitrogens is 4. The van der Waals surface area contributed by atoms with Gasteiger partial charge < -0.3 is 4.74 Å². The minimum atomic E-state index is -4.16. The molecule has 2 N–H and O–H groups in total. The lowest BCUT2D eigenvalue weighted by molar-refractivity contribution is 0.419. The van der Waals surface area contributed by atoms with Gasteiger partial charge in [0.25, 0.3) is 10.0 Å². The van der Waals surface area contributed by atoms with E-state index >= 15 is 0 Å². The van der Waals surface area contributed by atoms with Crippen LogP contribution in [0.1, 0.15) is 5.56 Å². The van der Waals surface area contributed by atoms with Gasteiger partial charge in [-0.05, 0) is 35.9 Å². The van der Waals surface area contributed by atoms with Gasteiger partial charge in [-0.1, -0.05) is 12.1 Å². The number of fused-ring (bicyclic) bond motifs is 1. The smallest absolute Gasteiger partial charge is 0.266 e. The summed E-state index contributed by atoms with van der Waals surface area (Å²) in [6, 6.07) is 10.6. The molecule has 0 saturated carbocycles. The third-order valence-electron chi connectivity index (χ3n) is 4.17. The quantitative estimate of drug-likeness (QED) is 0.517. The molecule has 0 aliphatic rings. The molecule has 0 bridgehead atoms. The fraction of sp³-hybridized carbons (Fsp3) is 0.111. The van der Waals surface area contributed by atoms with Crippen molar-refractivity contribution in [3.8, 4) is 5.75 Å². The van der Waals surface area contributed by atoms with E-state index < -0.39 is 20.7 Å². The molecule has 0 aliphatic heterocycles. The van der Waals surface area contributed by atoms with Crippen molar-refractivity contribution in [2.75, 3.05) is 11.8 Å². The lowest BCUT2D eigenvalue weighted by Gasteiger charge is -2.10. The van der Waals surface area contributed by atoms with Gasteiger partial charge in [0.15, 0.2) is 5.82 Å². The van der Waals surface area contributed by atoms with Gasteiger partial charge in [0, 0.05) is 12.4 Å². The van der Waals surface area contributed by atoms with Crippen LogP contribution in [0.4, 0.5) is 10.2 Å². The largest absolute Gasteiger partial charge is 0.496 e. The summed E-state index contributed by atoms with van der Waals surface area (Å²) in [6.07, 6.45) is 3.51. The molecule has 8 nitrogen and oxygen atoms in total. The van der Waals surface area contributed by atoms with E-state index in [1.807, 2.05) is 18.3 Å². The molecule has 0 radical (unpaired) electrons. The van der Waals surface area contributed by atoms with E-state index in [0.29, 0.717) is 23.2 Å². The SMILES string of the molecule is COc1cc(Cn2cccn2)cc2[nH]nc(NS(=O)(=O)c3ccccc3F)c12. The molecule has 2 heterocycles. The van der Waals surface area contributed by atoms with E-state index in [2.05, 4.69) is 20.0 Å². The van der Waals surface area contributed by atoms with Gasteiger partial charge in [0.1, 0.15) is 16.5 Å². The van der Waals surface area contributed by atoms with Gasteiger partial charge >= 0.3 is 0 Å². The molecule has 0 fully saturated rings. The van der Waals surface area contributed by atoms with Crippen LogP contribution in [0.3, 0.4) is 0 Å². The molecule has 0 spiro atoms. The van der Waals surface area contributed by atoms with Crippen LogP contribution < -0.4 is 9.46 Å². The number of benzene rings is 2. The lowest BCUT2D eigenvalue weighted by Crippen LogP contribution is -2.15. The summed E-state index contributed by atoms with van der Waals surface area (Å²) in [5.74, 6) is -0.385. The van der Waals surface area contributed by atoms with Crippen molar-refractivity contribution in [3.05, 3.63) is 66.2 Å². The first kappa shape index (κ1) is 18.0. The molecule has 0 saturated heterocycles. The molecule has 0 aliphatic carbocycles. The molecule has 0 amide bonds. The van der Waals surface area contributed by atoms with Crippen molar-refractivity contribution >= 4 is 26.7 Å². The van der Waals surface area contributed by atoms with Gasteiger partial charge in [-0.15, -0.1) is 0 Å². The van der Waals surface area contributed by atoms with E-state index in [-0.39, 0.29) is 5.82 Å². The minimum Gasteiger partial charge on any atom is -0.496 e. The average Bonchev–Trinajstić information content (AvgIpc) is 3.31. The van der Waals surface area contributed by atoms with Crippen LogP contribution in [0.5, 0.6) is 5.75 Å². The molecule has 4 aromatic rings. The number of methoxy groups -OCH3 is 1. The highest BCUT2D eigenvalue weighted by Gasteiger charge is 2.22. The third-order valence-corrected chi connectivity index (χ3v) is 5.54. The highest BCUT2D eigenvalue weighted by Crippen LogP contribution is 2.33. The molecule has 2 aromatic carbocycles. The van der Waals surface area contributed by atoms with Crippen molar-refractivity contribution in [3.63, 3.8) is 0 Å². The van der Waals surface area contributed by atoms with Crippen LogP contribution >= 0.6 is 0 Å². The van der Waals surface area contributed by atoms with Gasteiger partial charge in [-0.2, -0.15) is 10.2 Å². The zero-order chi connectivity index (χ0) is 19.7.